The smallest absolute Gasteiger partial charge is 0.194 e. The summed E-state index contributed by atoms with van der Waals surface area (Å²) in [5, 5.41) is 0. The predicted octanol–water partition coefficient (Wildman–Crippen LogP) is 14.2. The van der Waals surface area contributed by atoms with Gasteiger partial charge in [-0.2, -0.15) is 0 Å². The van der Waals surface area contributed by atoms with Crippen LogP contribution in [0.15, 0.2) is 263 Å². The third-order valence-electron chi connectivity index (χ3n) is 13.0. The zero-order valence-corrected chi connectivity index (χ0v) is 42.5. The summed E-state index contributed by atoms with van der Waals surface area (Å²) in [7, 11) is 0. The Morgan fingerprint density at radius 3 is 0.575 bits per heavy atom. The molecule has 0 aromatic heterocycles. The molecule has 0 saturated heterocycles. The summed E-state index contributed by atoms with van der Waals surface area (Å²) in [6, 6.07) is 82.1. The number of rotatable bonds is 12. The molecule has 0 fully saturated rings. The van der Waals surface area contributed by atoms with Crippen molar-refractivity contribution in [2.45, 2.75) is 61.4 Å². The van der Waals surface area contributed by atoms with Crippen LogP contribution in [-0.2, 0) is 43.8 Å². The average Bonchev–Trinajstić information content (AvgIpc) is 4.29. The molecule has 11 heteroatoms. The minimum Gasteiger partial charge on any atom is -0.470 e. The normalized spacial score (nSPS) is 22.4. The van der Waals surface area contributed by atoms with E-state index < -0.39 is 17.9 Å². The van der Waals surface area contributed by atoms with E-state index >= 15 is 0 Å². The number of aliphatic imine (C=N–C) groups is 4. The second kappa shape index (κ2) is 23.9. The van der Waals surface area contributed by atoms with Crippen molar-refractivity contribution < 1.29 is 43.8 Å². The van der Waals surface area contributed by atoms with Crippen molar-refractivity contribution in [1.29, 1.82) is 0 Å². The van der Waals surface area contributed by atoms with Crippen molar-refractivity contribution in [2.24, 2.45) is 20.0 Å². The first kappa shape index (κ1) is 48.5. The van der Waals surface area contributed by atoms with Crippen molar-refractivity contribution in [3.63, 3.8) is 0 Å². The molecule has 12 rings (SSSR count). The third kappa shape index (κ3) is 11.8. The van der Waals surface area contributed by atoms with Crippen LogP contribution in [0, 0.1) is 0 Å². The van der Waals surface area contributed by atoms with E-state index in [2.05, 4.69) is 97.1 Å². The van der Waals surface area contributed by atoms with Crippen molar-refractivity contribution >= 4 is 23.6 Å². The van der Waals surface area contributed by atoms with Crippen LogP contribution in [0.4, 0.5) is 0 Å². The molecule has 4 aliphatic heterocycles. The van der Waals surface area contributed by atoms with E-state index in [0.29, 0.717) is 36.4 Å². The first-order chi connectivity index (χ1) is 36.1. The van der Waals surface area contributed by atoms with E-state index in [9.17, 15) is 0 Å². The molecule has 0 N–H and O–H groups in total. The van der Waals surface area contributed by atoms with E-state index in [-0.39, 0.29) is 48.6 Å². The summed E-state index contributed by atoms with van der Waals surface area (Å²) in [6.45, 7) is 0. The molecular formula is C62H52N4O6Re. The van der Waals surface area contributed by atoms with Crippen molar-refractivity contribution in [3.8, 4) is 0 Å². The molecule has 8 aromatic rings. The maximum atomic E-state index is 8.53. The van der Waals surface area contributed by atoms with Gasteiger partial charge in [0.25, 0.3) is 0 Å². The van der Waals surface area contributed by atoms with Crippen LogP contribution in [0.3, 0.4) is 0 Å². The molecule has 10 nitrogen and oxygen atoms in total. The molecule has 0 saturated carbocycles. The van der Waals surface area contributed by atoms with E-state index in [4.69, 9.17) is 45.9 Å². The summed E-state index contributed by atoms with van der Waals surface area (Å²) in [6.07, 6.45) is 0.158. The Morgan fingerprint density at radius 2 is 0.411 bits per heavy atom. The fourth-order valence-electron chi connectivity index (χ4n) is 9.64. The van der Waals surface area contributed by atoms with Gasteiger partial charge in [-0.3, -0.25) is 0 Å². The summed E-state index contributed by atoms with van der Waals surface area (Å²) in [5.74, 6) is 2.64. The summed E-state index contributed by atoms with van der Waals surface area (Å²) in [5.41, 5.74) is 8.98. The van der Waals surface area contributed by atoms with Crippen molar-refractivity contribution in [1.82, 2.24) is 0 Å². The van der Waals surface area contributed by atoms with Gasteiger partial charge in [0, 0.05) is 0 Å². The van der Waals surface area contributed by atoms with Gasteiger partial charge in [-0.15, -0.1) is 0 Å². The Morgan fingerprint density at radius 1 is 0.260 bits per heavy atom. The molecule has 0 unspecified atom stereocenters. The number of hydrogen-bond donors (Lipinski definition) is 0. The first-order valence-corrected chi connectivity index (χ1v) is 26.6. The molecule has 0 bridgehead atoms. The van der Waals surface area contributed by atoms with Gasteiger partial charge < -0.3 is 18.9 Å². The van der Waals surface area contributed by atoms with Gasteiger partial charge in [-0.05, 0) is 44.5 Å². The van der Waals surface area contributed by atoms with Crippen LogP contribution in [0.2, 0.25) is 0 Å². The van der Waals surface area contributed by atoms with Gasteiger partial charge in [0.1, 0.15) is 24.2 Å². The Bertz CT molecular complexity index is 2760. The first-order valence-electron chi connectivity index (χ1n) is 24.3. The topological polar surface area (TPSA) is 121 Å². The third-order valence-corrected chi connectivity index (χ3v) is 13.0. The zero-order valence-electron chi connectivity index (χ0n) is 39.7. The van der Waals surface area contributed by atoms with E-state index in [1.807, 2.05) is 146 Å². The Kier molecular flexibility index (Phi) is 15.9. The molecule has 8 atom stereocenters. The minimum absolute atomic E-state index is 0.106. The summed E-state index contributed by atoms with van der Waals surface area (Å²) >= 11 is -2.17. The summed E-state index contributed by atoms with van der Waals surface area (Å²) in [4.78, 5) is 20.0. The molecular weight excluding hydrogens is 1080 g/mol. The zero-order chi connectivity index (χ0) is 49.6. The second-order valence-electron chi connectivity index (χ2n) is 17.7. The van der Waals surface area contributed by atoms with Crippen LogP contribution in [0.25, 0.3) is 0 Å². The van der Waals surface area contributed by atoms with Gasteiger partial charge in [-0.1, -0.05) is 243 Å². The summed E-state index contributed by atoms with van der Waals surface area (Å²) < 4.78 is 42.8. The molecule has 0 spiro atoms. The maximum Gasteiger partial charge on any atom is 0.194 e. The maximum absolute atomic E-state index is 8.53. The molecule has 0 amide bonds. The van der Waals surface area contributed by atoms with Crippen LogP contribution in [0.1, 0.15) is 106 Å². The number of hydrogen-bond acceptors (Lipinski definition) is 10. The van der Waals surface area contributed by atoms with E-state index in [1.54, 1.807) is 0 Å². The fraction of sp³-hybridized carbons (Fsp3) is 0.161. The minimum atomic E-state index is -2.17. The molecule has 0 aliphatic carbocycles. The molecule has 73 heavy (non-hydrogen) atoms. The van der Waals surface area contributed by atoms with Crippen LogP contribution >= 0.6 is 0 Å². The quantitative estimate of drug-likeness (QED) is 0.120. The number of nitrogens with zero attached hydrogens (tertiary/aromatic N) is 4. The van der Waals surface area contributed by atoms with Crippen LogP contribution in [-0.4, -0.2) is 23.6 Å². The van der Waals surface area contributed by atoms with Crippen molar-refractivity contribution in [3.05, 3.63) is 287 Å². The van der Waals surface area contributed by atoms with Gasteiger partial charge in [0.05, 0.1) is 12.8 Å². The molecule has 8 aromatic carbocycles. The van der Waals surface area contributed by atoms with Gasteiger partial charge >= 0.3 is 24.8 Å². The van der Waals surface area contributed by atoms with Gasteiger partial charge in [0.2, 0.25) is 0 Å². The van der Waals surface area contributed by atoms with Crippen LogP contribution in [0.5, 0.6) is 0 Å². The Balaban J connectivity index is 0.000000159. The van der Waals surface area contributed by atoms with Gasteiger partial charge in [-0.25, -0.2) is 20.0 Å². The predicted molar refractivity (Wildman–Crippen MR) is 278 cm³/mol. The number of benzene rings is 8. The molecule has 4 aliphatic rings. The SMILES string of the molecule is [O]=[Re]=[O].c1ccc([C@H]2N=C(CC3=N[C@H](c4ccccc4)[C@H](c4ccccc4)O3)O[C@H]2c2ccccc2)cc1.c1ccc([C@H]2N=C(CC3=N[C@H](c4ccccc4)[C@H](c4ccccc4)O3)O[C@H]2c2ccccc2)cc1. The van der Waals surface area contributed by atoms with Gasteiger partial charge in [0.15, 0.2) is 48.0 Å². The molecule has 4 heterocycles. The largest absolute Gasteiger partial charge is 0.470 e. The number of ether oxygens (including phenoxy) is 4. The van der Waals surface area contributed by atoms with E-state index in [1.165, 1.54) is 0 Å². The average molecular weight is 1140 g/mol. The second-order valence-corrected chi connectivity index (χ2v) is 18.2. The van der Waals surface area contributed by atoms with Crippen LogP contribution < -0.4 is 0 Å². The van der Waals surface area contributed by atoms with Crippen molar-refractivity contribution in [2.75, 3.05) is 0 Å². The molecule has 363 valence electrons. The monoisotopic (exact) mass is 1140 g/mol. The van der Waals surface area contributed by atoms with E-state index in [0.717, 1.165) is 44.5 Å². The fourth-order valence-corrected chi connectivity index (χ4v) is 9.64. The molecule has 0 radical (unpaired) electrons. The Hall–Kier alpha value is -8.10. The Labute approximate surface area is 433 Å². The standard InChI is InChI=1S/2C31H26N2O2.2O.Re/c2*1-5-13-22(14-6-1)28-30(24-17-9-3-10-18-24)34-26(32-28)21-27-33-29(23-15-7-2-8-16-23)31(35-27)25-19-11-4-12-20-25;;;/h2*1-20,28-31H,21H2;;;/t2*28-,29-,30+,31+;;;/m11.../s1.